The predicted octanol–water partition coefficient (Wildman–Crippen LogP) is -0.943. The van der Waals surface area contributed by atoms with Crippen LogP contribution in [-0.4, -0.2) is 89.9 Å². The third-order valence-electron chi connectivity index (χ3n) is 5.45. The van der Waals surface area contributed by atoms with E-state index >= 15 is 0 Å². The van der Waals surface area contributed by atoms with Crippen LogP contribution in [0.1, 0.15) is 30.9 Å². The summed E-state index contributed by atoms with van der Waals surface area (Å²) in [6.07, 6.45) is -0.579. The number of ether oxygens (including phenoxy) is 1. The number of aliphatic hydroxyl groups is 2. The molecule has 35 heavy (non-hydrogen) atoms. The normalized spacial score (nSPS) is 15.3. The van der Waals surface area contributed by atoms with E-state index < -0.39 is 24.7 Å². The van der Waals surface area contributed by atoms with Gasteiger partial charge in [-0.25, -0.2) is 4.79 Å². The van der Waals surface area contributed by atoms with Crippen LogP contribution in [0.25, 0.3) is 0 Å². The lowest BCUT2D eigenvalue weighted by Crippen LogP contribution is -2.54. The fourth-order valence-electron chi connectivity index (χ4n) is 3.52. The molecule has 2 rings (SSSR count). The number of nitrogen functional groups attached to an aromatic ring is 1. The zero-order valence-electron chi connectivity index (χ0n) is 19.7. The second kappa shape index (κ2) is 15.1. The monoisotopic (exact) mass is 514 g/mol. The van der Waals surface area contributed by atoms with Gasteiger partial charge in [0, 0.05) is 31.2 Å². The SMILES string of the molecule is CCOC(=O)N1CCC(NC(=O)CNC(=O)C(NCc2ccc(C(=N)N)cc2)C(O)CO)CC1.Cl. The van der Waals surface area contributed by atoms with Gasteiger partial charge in [0.05, 0.1) is 19.8 Å². The third-order valence-corrected chi connectivity index (χ3v) is 5.45. The Labute approximate surface area is 210 Å². The number of amides is 3. The maximum absolute atomic E-state index is 12.6. The first-order valence-corrected chi connectivity index (χ1v) is 11.2. The van der Waals surface area contributed by atoms with Crippen molar-refractivity contribution in [2.45, 2.75) is 44.5 Å². The average Bonchev–Trinajstić information content (AvgIpc) is 2.83. The summed E-state index contributed by atoms with van der Waals surface area (Å²) in [6.45, 7) is 2.27. The quantitative estimate of drug-likeness (QED) is 0.145. The number of hydrogen-bond acceptors (Lipinski definition) is 8. The zero-order chi connectivity index (χ0) is 25.1. The van der Waals surface area contributed by atoms with Crippen molar-refractivity contribution in [1.29, 1.82) is 5.41 Å². The maximum atomic E-state index is 12.6. The highest BCUT2D eigenvalue weighted by molar-refractivity contribution is 5.94. The van der Waals surface area contributed by atoms with Gasteiger partial charge in [-0.15, -0.1) is 12.4 Å². The summed E-state index contributed by atoms with van der Waals surface area (Å²) < 4.78 is 4.97. The highest BCUT2D eigenvalue weighted by Crippen LogP contribution is 2.11. The molecule has 1 aliphatic heterocycles. The Kier molecular flexibility index (Phi) is 13.0. The van der Waals surface area contributed by atoms with Crippen molar-refractivity contribution in [3.63, 3.8) is 0 Å². The zero-order valence-corrected chi connectivity index (χ0v) is 20.5. The molecule has 0 radical (unpaired) electrons. The van der Waals surface area contributed by atoms with Crippen LogP contribution in [0.4, 0.5) is 4.79 Å². The Morgan fingerprint density at radius 1 is 1.23 bits per heavy atom. The summed E-state index contributed by atoms with van der Waals surface area (Å²) in [5.41, 5.74) is 6.77. The van der Waals surface area contributed by atoms with Gasteiger partial charge >= 0.3 is 6.09 Å². The van der Waals surface area contributed by atoms with E-state index in [9.17, 15) is 24.6 Å². The van der Waals surface area contributed by atoms with E-state index in [1.165, 1.54) is 0 Å². The Hall–Kier alpha value is -2.93. The smallest absolute Gasteiger partial charge is 0.409 e. The van der Waals surface area contributed by atoms with Gasteiger partial charge in [0.1, 0.15) is 18.0 Å². The van der Waals surface area contributed by atoms with Crippen molar-refractivity contribution < 1.29 is 29.3 Å². The number of amidine groups is 1. The molecule has 196 valence electrons. The summed E-state index contributed by atoms with van der Waals surface area (Å²) in [5.74, 6) is -1.08. The predicted molar refractivity (Wildman–Crippen MR) is 131 cm³/mol. The van der Waals surface area contributed by atoms with E-state index in [0.717, 1.165) is 5.56 Å². The first kappa shape index (κ1) is 30.1. The molecule has 2 atom stereocenters. The van der Waals surface area contributed by atoms with E-state index in [0.29, 0.717) is 38.1 Å². The fourth-order valence-corrected chi connectivity index (χ4v) is 3.52. The van der Waals surface area contributed by atoms with Crippen molar-refractivity contribution in [3.05, 3.63) is 35.4 Å². The van der Waals surface area contributed by atoms with Gasteiger partial charge in [0.25, 0.3) is 0 Å². The molecular weight excluding hydrogens is 480 g/mol. The van der Waals surface area contributed by atoms with Crippen LogP contribution in [0, 0.1) is 5.41 Å². The van der Waals surface area contributed by atoms with Crippen molar-refractivity contribution in [3.8, 4) is 0 Å². The van der Waals surface area contributed by atoms with E-state index in [1.807, 2.05) is 0 Å². The van der Waals surface area contributed by atoms with Gasteiger partial charge in [-0.3, -0.25) is 20.3 Å². The van der Waals surface area contributed by atoms with E-state index in [1.54, 1.807) is 36.1 Å². The lowest BCUT2D eigenvalue weighted by Gasteiger charge is -2.31. The van der Waals surface area contributed by atoms with Crippen molar-refractivity contribution in [2.75, 3.05) is 32.8 Å². The fraction of sp³-hybridized carbons (Fsp3) is 0.545. The molecule has 0 aromatic heterocycles. The highest BCUT2D eigenvalue weighted by atomic mass is 35.5. The van der Waals surface area contributed by atoms with Gasteiger partial charge in [-0.05, 0) is 25.3 Å². The van der Waals surface area contributed by atoms with Gasteiger partial charge < -0.3 is 36.2 Å². The molecule has 1 aromatic carbocycles. The van der Waals surface area contributed by atoms with Crippen LogP contribution in [-0.2, 0) is 20.9 Å². The van der Waals surface area contributed by atoms with Gasteiger partial charge in [0.15, 0.2) is 0 Å². The molecule has 1 aromatic rings. The van der Waals surface area contributed by atoms with Crippen LogP contribution in [0.5, 0.6) is 0 Å². The van der Waals surface area contributed by atoms with Crippen molar-refractivity contribution >= 4 is 36.2 Å². The molecule has 3 amide bonds. The number of carbonyl (C=O) groups excluding carboxylic acids is 3. The van der Waals surface area contributed by atoms with Gasteiger partial charge in [0.2, 0.25) is 11.8 Å². The van der Waals surface area contributed by atoms with E-state index in [4.69, 9.17) is 15.9 Å². The number of nitrogens with zero attached hydrogens (tertiary/aromatic N) is 1. The Balaban J connectivity index is 0.00000612. The Morgan fingerprint density at radius 3 is 2.40 bits per heavy atom. The standard InChI is InChI=1S/C22H34N6O6.ClH/c1-2-34-22(33)28-9-7-16(8-10-28)27-18(31)12-26-21(32)19(17(30)13-29)25-11-14-3-5-15(6-4-14)20(23)24;/h3-6,16-17,19,25,29-30H,2,7-13H2,1H3,(H3,23,24)(H,26,32)(H,27,31);1H. The van der Waals surface area contributed by atoms with Crippen LogP contribution in [0.2, 0.25) is 0 Å². The topological polar surface area (TPSA) is 190 Å². The number of carbonyl (C=O) groups is 3. The minimum Gasteiger partial charge on any atom is -0.450 e. The molecule has 13 heteroatoms. The number of aliphatic hydroxyl groups excluding tert-OH is 2. The molecule has 12 nitrogen and oxygen atoms in total. The number of hydrogen-bond donors (Lipinski definition) is 7. The molecule has 0 saturated carbocycles. The molecule has 2 unspecified atom stereocenters. The van der Waals surface area contributed by atoms with Crippen LogP contribution in [0.15, 0.2) is 24.3 Å². The molecule has 8 N–H and O–H groups in total. The van der Waals surface area contributed by atoms with Gasteiger partial charge in [-0.2, -0.15) is 0 Å². The number of benzene rings is 1. The van der Waals surface area contributed by atoms with Crippen LogP contribution >= 0.6 is 12.4 Å². The first-order chi connectivity index (χ1) is 16.2. The lowest BCUT2D eigenvalue weighted by molar-refractivity contribution is -0.130. The van der Waals surface area contributed by atoms with Crippen molar-refractivity contribution in [2.24, 2.45) is 5.73 Å². The second-order valence-corrected chi connectivity index (χ2v) is 7.96. The highest BCUT2D eigenvalue weighted by Gasteiger charge is 2.27. The number of piperidine rings is 1. The molecule has 0 bridgehead atoms. The average molecular weight is 515 g/mol. The third kappa shape index (κ3) is 9.68. The maximum Gasteiger partial charge on any atom is 0.409 e. The number of nitrogens with two attached hydrogens (primary N) is 1. The molecular formula is C22H35ClN6O6. The summed E-state index contributed by atoms with van der Waals surface area (Å²) in [6, 6.07) is 5.52. The number of likely N-dealkylation sites (tertiary alicyclic amines) is 1. The van der Waals surface area contributed by atoms with E-state index in [-0.39, 0.29) is 49.4 Å². The summed E-state index contributed by atoms with van der Waals surface area (Å²) >= 11 is 0. The molecule has 0 aliphatic carbocycles. The Morgan fingerprint density at radius 2 is 1.86 bits per heavy atom. The van der Waals surface area contributed by atoms with Crippen LogP contribution in [0.3, 0.4) is 0 Å². The summed E-state index contributed by atoms with van der Waals surface area (Å²) in [7, 11) is 0. The minimum atomic E-state index is -1.37. The first-order valence-electron chi connectivity index (χ1n) is 11.2. The number of rotatable bonds is 11. The minimum absolute atomic E-state index is 0. The van der Waals surface area contributed by atoms with Crippen LogP contribution < -0.4 is 21.7 Å². The number of nitrogens with one attached hydrogen (secondary N) is 4. The molecule has 1 aliphatic rings. The van der Waals surface area contributed by atoms with Gasteiger partial charge in [-0.1, -0.05) is 24.3 Å². The Bertz CT molecular complexity index is 847. The second-order valence-electron chi connectivity index (χ2n) is 7.96. The largest absolute Gasteiger partial charge is 0.450 e. The van der Waals surface area contributed by atoms with E-state index in [2.05, 4.69) is 16.0 Å². The van der Waals surface area contributed by atoms with Crippen molar-refractivity contribution in [1.82, 2.24) is 20.9 Å². The molecule has 1 heterocycles. The summed E-state index contributed by atoms with van der Waals surface area (Å²) in [5, 5.41) is 35.0. The molecule has 1 saturated heterocycles. The molecule has 0 spiro atoms. The molecule has 1 fully saturated rings. The lowest BCUT2D eigenvalue weighted by atomic mass is 10.1. The summed E-state index contributed by atoms with van der Waals surface area (Å²) in [4.78, 5) is 38.2. The number of halogens is 1.